The summed E-state index contributed by atoms with van der Waals surface area (Å²) in [4.78, 5) is 33.2. The fourth-order valence-corrected chi connectivity index (χ4v) is 2.09. The number of likely N-dealkylation sites (N-methyl/N-ethyl adjacent to an activating group) is 1. The molecule has 7 nitrogen and oxygen atoms in total. The number of nitrogens with two attached hydrogens (primary N) is 1. The van der Waals surface area contributed by atoms with Gasteiger partial charge in [-0.25, -0.2) is 9.78 Å². The van der Waals surface area contributed by atoms with Gasteiger partial charge in [0.2, 0.25) is 0 Å². The van der Waals surface area contributed by atoms with Gasteiger partial charge >= 0.3 is 6.03 Å². The topological polar surface area (TPSA) is 95.3 Å². The molecule has 3 N–H and O–H groups in total. The normalized spacial score (nSPS) is 15.9. The van der Waals surface area contributed by atoms with Crippen molar-refractivity contribution in [3.8, 4) is 0 Å². The summed E-state index contributed by atoms with van der Waals surface area (Å²) in [6, 6.07) is 3.24. The van der Waals surface area contributed by atoms with Crippen LogP contribution in [0.1, 0.15) is 5.56 Å². The van der Waals surface area contributed by atoms with E-state index >= 15 is 0 Å². The third-order valence-corrected chi connectivity index (χ3v) is 3.29. The van der Waals surface area contributed by atoms with Crippen molar-refractivity contribution in [3.05, 3.63) is 17.7 Å². The number of imide groups is 1. The Kier molecular flexibility index (Phi) is 2.25. The highest BCUT2D eigenvalue weighted by atomic mass is 16.2. The van der Waals surface area contributed by atoms with Crippen LogP contribution in [0.5, 0.6) is 0 Å². The van der Waals surface area contributed by atoms with Crippen molar-refractivity contribution in [2.45, 2.75) is 6.92 Å². The average molecular weight is 259 g/mol. The number of aromatic nitrogens is 2. The molecule has 0 bridgehead atoms. The van der Waals surface area contributed by atoms with Gasteiger partial charge in [-0.15, -0.1) is 0 Å². The third-order valence-electron chi connectivity index (χ3n) is 3.29. The van der Waals surface area contributed by atoms with E-state index in [1.165, 1.54) is 11.9 Å². The van der Waals surface area contributed by atoms with Gasteiger partial charge in [-0.1, -0.05) is 0 Å². The van der Waals surface area contributed by atoms with Crippen molar-refractivity contribution in [2.24, 2.45) is 0 Å². The number of anilines is 2. The van der Waals surface area contributed by atoms with Crippen LogP contribution < -0.4 is 10.6 Å². The SMILES string of the molecule is Cc1cc2[nH]c(N3CC(=O)N(C)C3=O)cc2nc1N. The standard InChI is InChI=1S/C12H13N5O2/c1-6-3-7-8(15-11(6)13)4-9(14-7)17-5-10(18)16(2)12(17)19/h3-4,14H,5H2,1-2H3,(H2,13,15). The van der Waals surface area contributed by atoms with Gasteiger partial charge in [0.1, 0.15) is 18.2 Å². The highest BCUT2D eigenvalue weighted by Crippen LogP contribution is 2.25. The van der Waals surface area contributed by atoms with Crippen LogP contribution in [-0.4, -0.2) is 40.4 Å². The maximum atomic E-state index is 11.9. The number of carbonyl (C=O) groups excluding carboxylic acids is 2. The molecule has 3 amide bonds. The van der Waals surface area contributed by atoms with Crippen molar-refractivity contribution in [1.82, 2.24) is 14.9 Å². The first kappa shape index (κ1) is 11.5. The number of nitrogens with zero attached hydrogens (tertiary/aromatic N) is 3. The lowest BCUT2D eigenvalue weighted by atomic mass is 10.2. The molecule has 2 aromatic rings. The van der Waals surface area contributed by atoms with E-state index < -0.39 is 0 Å². The van der Waals surface area contributed by atoms with E-state index in [1.807, 2.05) is 13.0 Å². The average Bonchev–Trinajstić information content (AvgIpc) is 2.86. The van der Waals surface area contributed by atoms with E-state index in [0.717, 1.165) is 16.0 Å². The van der Waals surface area contributed by atoms with Crippen molar-refractivity contribution < 1.29 is 9.59 Å². The Labute approximate surface area is 109 Å². The van der Waals surface area contributed by atoms with Crippen LogP contribution in [0.3, 0.4) is 0 Å². The number of fused-ring (bicyclic) bond motifs is 1. The summed E-state index contributed by atoms with van der Waals surface area (Å²) in [5, 5.41) is 0. The largest absolute Gasteiger partial charge is 0.383 e. The molecule has 0 atom stereocenters. The van der Waals surface area contributed by atoms with Crippen LogP contribution in [0.15, 0.2) is 12.1 Å². The number of carbonyl (C=O) groups is 2. The van der Waals surface area contributed by atoms with Crippen molar-refractivity contribution in [3.63, 3.8) is 0 Å². The summed E-state index contributed by atoms with van der Waals surface area (Å²) in [6.45, 7) is 1.90. The number of pyridine rings is 1. The number of hydrogen-bond acceptors (Lipinski definition) is 4. The molecule has 1 aliphatic rings. The highest BCUT2D eigenvalue weighted by molar-refractivity contribution is 6.12. The maximum Gasteiger partial charge on any atom is 0.332 e. The molecule has 0 spiro atoms. The number of rotatable bonds is 1. The van der Waals surface area contributed by atoms with E-state index in [9.17, 15) is 9.59 Å². The lowest BCUT2D eigenvalue weighted by Crippen LogP contribution is -2.29. The van der Waals surface area contributed by atoms with E-state index in [1.54, 1.807) is 6.07 Å². The fourth-order valence-electron chi connectivity index (χ4n) is 2.09. The van der Waals surface area contributed by atoms with E-state index in [0.29, 0.717) is 17.2 Å². The molecule has 3 heterocycles. The zero-order valence-corrected chi connectivity index (χ0v) is 10.6. The minimum atomic E-state index is -0.346. The Hall–Kier alpha value is -2.57. The van der Waals surface area contributed by atoms with Gasteiger partial charge in [0.15, 0.2) is 0 Å². The Morgan fingerprint density at radius 1 is 1.37 bits per heavy atom. The fraction of sp³-hybridized carbons (Fsp3) is 0.250. The molecule has 0 aliphatic carbocycles. The van der Waals surface area contributed by atoms with E-state index in [-0.39, 0.29) is 18.5 Å². The predicted octanol–water partition coefficient (Wildman–Crippen LogP) is 0.852. The van der Waals surface area contributed by atoms with E-state index in [2.05, 4.69) is 9.97 Å². The first-order valence-corrected chi connectivity index (χ1v) is 5.81. The number of amides is 3. The number of aryl methyl sites for hydroxylation is 1. The van der Waals surface area contributed by atoms with Crippen LogP contribution in [-0.2, 0) is 4.79 Å². The van der Waals surface area contributed by atoms with Crippen LogP contribution in [0.4, 0.5) is 16.4 Å². The molecule has 0 unspecified atom stereocenters. The quantitative estimate of drug-likeness (QED) is 0.742. The number of urea groups is 1. The van der Waals surface area contributed by atoms with Crippen molar-refractivity contribution >= 4 is 34.6 Å². The number of nitrogen functional groups attached to an aromatic ring is 1. The molecule has 0 aromatic carbocycles. The van der Waals surface area contributed by atoms with Gasteiger partial charge in [-0.2, -0.15) is 0 Å². The lowest BCUT2D eigenvalue weighted by Gasteiger charge is -2.11. The Balaban J connectivity index is 2.07. The number of aromatic amines is 1. The number of nitrogens with one attached hydrogen (secondary N) is 1. The van der Waals surface area contributed by atoms with E-state index in [4.69, 9.17) is 5.73 Å². The highest BCUT2D eigenvalue weighted by Gasteiger charge is 2.34. The molecule has 1 aliphatic heterocycles. The molecule has 98 valence electrons. The molecule has 3 rings (SSSR count). The molecule has 0 saturated carbocycles. The number of H-pyrrole nitrogens is 1. The first-order chi connectivity index (χ1) is 8.97. The van der Waals surface area contributed by atoms with Crippen LogP contribution in [0.25, 0.3) is 11.0 Å². The summed E-state index contributed by atoms with van der Waals surface area (Å²) in [5.41, 5.74) is 8.08. The van der Waals surface area contributed by atoms with Crippen molar-refractivity contribution in [2.75, 3.05) is 24.2 Å². The summed E-state index contributed by atoms with van der Waals surface area (Å²) in [5.74, 6) is 0.779. The monoisotopic (exact) mass is 259 g/mol. The van der Waals surface area contributed by atoms with Gasteiger partial charge in [0.05, 0.1) is 11.0 Å². The van der Waals surface area contributed by atoms with Gasteiger partial charge in [0, 0.05) is 13.1 Å². The summed E-state index contributed by atoms with van der Waals surface area (Å²) in [7, 11) is 1.47. The molecule has 1 fully saturated rings. The Morgan fingerprint density at radius 2 is 2.11 bits per heavy atom. The minimum absolute atomic E-state index is 0.0383. The van der Waals surface area contributed by atoms with Gasteiger partial charge in [0.25, 0.3) is 5.91 Å². The van der Waals surface area contributed by atoms with Gasteiger partial charge in [-0.05, 0) is 18.6 Å². The second kappa shape index (κ2) is 3.71. The molecular formula is C12H13N5O2. The second-order valence-electron chi connectivity index (χ2n) is 4.60. The molecule has 7 heteroatoms. The summed E-state index contributed by atoms with van der Waals surface area (Å²) < 4.78 is 0. The Bertz CT molecular complexity index is 666. The zero-order chi connectivity index (χ0) is 13.7. The summed E-state index contributed by atoms with van der Waals surface area (Å²) >= 11 is 0. The molecule has 0 radical (unpaired) electrons. The molecule has 2 aromatic heterocycles. The molecule has 19 heavy (non-hydrogen) atoms. The summed E-state index contributed by atoms with van der Waals surface area (Å²) in [6.07, 6.45) is 0. The van der Waals surface area contributed by atoms with Gasteiger partial charge in [-0.3, -0.25) is 14.6 Å². The minimum Gasteiger partial charge on any atom is -0.383 e. The second-order valence-corrected chi connectivity index (χ2v) is 4.60. The van der Waals surface area contributed by atoms with Crippen LogP contribution >= 0.6 is 0 Å². The number of hydrogen-bond donors (Lipinski definition) is 2. The van der Waals surface area contributed by atoms with Crippen LogP contribution in [0.2, 0.25) is 0 Å². The molecular weight excluding hydrogens is 246 g/mol. The molecule has 1 saturated heterocycles. The lowest BCUT2D eigenvalue weighted by molar-refractivity contribution is -0.123. The maximum absolute atomic E-state index is 11.9. The Morgan fingerprint density at radius 3 is 2.74 bits per heavy atom. The van der Waals surface area contributed by atoms with Crippen molar-refractivity contribution in [1.29, 1.82) is 0 Å². The first-order valence-electron chi connectivity index (χ1n) is 5.81. The van der Waals surface area contributed by atoms with Gasteiger partial charge < -0.3 is 10.7 Å². The van der Waals surface area contributed by atoms with Crippen LogP contribution in [0, 0.1) is 6.92 Å². The zero-order valence-electron chi connectivity index (χ0n) is 10.6. The predicted molar refractivity (Wildman–Crippen MR) is 70.8 cm³/mol. The third kappa shape index (κ3) is 1.62. The smallest absolute Gasteiger partial charge is 0.332 e.